The Morgan fingerprint density at radius 2 is 1.90 bits per heavy atom. The van der Waals surface area contributed by atoms with Crippen molar-refractivity contribution in [2.24, 2.45) is 5.73 Å². The normalized spacial score (nSPS) is 12.2. The molecule has 0 amide bonds. The molecule has 0 bridgehead atoms. The molecule has 2 N–H and O–H groups in total. The van der Waals surface area contributed by atoms with Crippen molar-refractivity contribution in [3.05, 3.63) is 63.1 Å². The predicted octanol–water partition coefficient (Wildman–Crippen LogP) is 4.55. The second-order valence-electron chi connectivity index (χ2n) is 4.79. The molecule has 0 saturated carbocycles. The van der Waals surface area contributed by atoms with Gasteiger partial charge in [-0.3, -0.25) is 0 Å². The highest BCUT2D eigenvalue weighted by Crippen LogP contribution is 2.30. The van der Waals surface area contributed by atoms with Crippen LogP contribution in [0.2, 0.25) is 10.0 Å². The lowest BCUT2D eigenvalue weighted by atomic mass is 9.98. The number of benzene rings is 2. The van der Waals surface area contributed by atoms with Crippen LogP contribution < -0.4 is 10.5 Å². The molecule has 0 radical (unpaired) electrons. The first kappa shape index (κ1) is 15.2. The molecular formula is C16H17Cl2NO. The summed E-state index contributed by atoms with van der Waals surface area (Å²) in [5, 5.41) is 1.37. The zero-order chi connectivity index (χ0) is 14.7. The van der Waals surface area contributed by atoms with Crippen LogP contribution in [-0.4, -0.2) is 7.11 Å². The number of methoxy groups -OCH3 is 1. The van der Waals surface area contributed by atoms with E-state index in [0.717, 1.165) is 21.7 Å². The van der Waals surface area contributed by atoms with Gasteiger partial charge in [0.15, 0.2) is 0 Å². The molecule has 2 rings (SSSR count). The lowest BCUT2D eigenvalue weighted by Crippen LogP contribution is -2.14. The summed E-state index contributed by atoms with van der Waals surface area (Å²) in [5.41, 5.74) is 9.37. The highest BCUT2D eigenvalue weighted by atomic mass is 35.5. The minimum Gasteiger partial charge on any atom is -0.496 e. The maximum atomic E-state index is 6.28. The summed E-state index contributed by atoms with van der Waals surface area (Å²) in [6.07, 6.45) is 0.650. The molecule has 20 heavy (non-hydrogen) atoms. The maximum absolute atomic E-state index is 6.28. The fraction of sp³-hybridized carbons (Fsp3) is 0.250. The summed E-state index contributed by atoms with van der Waals surface area (Å²) < 4.78 is 5.34. The van der Waals surface area contributed by atoms with Crippen molar-refractivity contribution in [2.75, 3.05) is 7.11 Å². The Morgan fingerprint density at radius 3 is 2.55 bits per heavy atom. The van der Waals surface area contributed by atoms with Gasteiger partial charge in [0.25, 0.3) is 0 Å². The maximum Gasteiger partial charge on any atom is 0.125 e. The fourth-order valence-electron chi connectivity index (χ4n) is 2.16. The summed E-state index contributed by atoms with van der Waals surface area (Å²) in [5.74, 6) is 0.702. The van der Waals surface area contributed by atoms with Gasteiger partial charge in [0.1, 0.15) is 5.75 Å². The lowest BCUT2D eigenvalue weighted by Gasteiger charge is -2.17. The highest BCUT2D eigenvalue weighted by Gasteiger charge is 2.14. The molecule has 0 fully saturated rings. The molecule has 0 aliphatic carbocycles. The van der Waals surface area contributed by atoms with E-state index in [1.54, 1.807) is 13.2 Å². The smallest absolute Gasteiger partial charge is 0.125 e. The third kappa shape index (κ3) is 3.45. The highest BCUT2D eigenvalue weighted by molar-refractivity contribution is 6.31. The predicted molar refractivity (Wildman–Crippen MR) is 84.8 cm³/mol. The van der Waals surface area contributed by atoms with E-state index < -0.39 is 0 Å². The van der Waals surface area contributed by atoms with Gasteiger partial charge in [-0.2, -0.15) is 0 Å². The van der Waals surface area contributed by atoms with Gasteiger partial charge in [0, 0.05) is 21.7 Å². The van der Waals surface area contributed by atoms with Crippen LogP contribution in [-0.2, 0) is 6.42 Å². The van der Waals surface area contributed by atoms with Crippen LogP contribution in [0.5, 0.6) is 5.75 Å². The van der Waals surface area contributed by atoms with E-state index in [4.69, 9.17) is 33.7 Å². The number of hydrogen-bond acceptors (Lipinski definition) is 2. The van der Waals surface area contributed by atoms with Crippen LogP contribution >= 0.6 is 23.2 Å². The SMILES string of the molecule is COc1cc(Cl)ccc1C(N)Cc1ccc(C)cc1Cl. The second kappa shape index (κ2) is 6.49. The van der Waals surface area contributed by atoms with E-state index in [0.29, 0.717) is 17.2 Å². The number of hydrogen-bond donors (Lipinski definition) is 1. The van der Waals surface area contributed by atoms with Crippen molar-refractivity contribution in [1.82, 2.24) is 0 Å². The lowest BCUT2D eigenvalue weighted by molar-refractivity contribution is 0.405. The molecule has 0 heterocycles. The van der Waals surface area contributed by atoms with Gasteiger partial charge in [-0.1, -0.05) is 41.4 Å². The molecule has 106 valence electrons. The van der Waals surface area contributed by atoms with Crippen molar-refractivity contribution in [3.8, 4) is 5.75 Å². The van der Waals surface area contributed by atoms with Crippen molar-refractivity contribution >= 4 is 23.2 Å². The summed E-state index contributed by atoms with van der Waals surface area (Å²) in [4.78, 5) is 0. The summed E-state index contributed by atoms with van der Waals surface area (Å²) in [6.45, 7) is 2.01. The quantitative estimate of drug-likeness (QED) is 0.899. The van der Waals surface area contributed by atoms with Gasteiger partial charge >= 0.3 is 0 Å². The van der Waals surface area contributed by atoms with Gasteiger partial charge in [-0.05, 0) is 42.7 Å². The van der Waals surface area contributed by atoms with Gasteiger partial charge in [0.05, 0.1) is 7.11 Å². The minimum absolute atomic E-state index is 0.192. The Bertz CT molecular complexity index is 613. The van der Waals surface area contributed by atoms with Crippen molar-refractivity contribution < 1.29 is 4.74 Å². The van der Waals surface area contributed by atoms with Crippen molar-refractivity contribution in [2.45, 2.75) is 19.4 Å². The average Bonchev–Trinajstić information content (AvgIpc) is 2.41. The van der Waals surface area contributed by atoms with Gasteiger partial charge in [0.2, 0.25) is 0 Å². The molecular weight excluding hydrogens is 293 g/mol. The van der Waals surface area contributed by atoms with Crippen molar-refractivity contribution in [3.63, 3.8) is 0 Å². The first-order valence-corrected chi connectivity index (χ1v) is 7.11. The Balaban J connectivity index is 2.25. The minimum atomic E-state index is -0.192. The molecule has 0 aromatic heterocycles. The third-order valence-electron chi connectivity index (χ3n) is 3.24. The number of aryl methyl sites for hydroxylation is 1. The van der Waals surface area contributed by atoms with Crippen LogP contribution in [0.4, 0.5) is 0 Å². The standard InChI is InChI=1S/C16H17Cl2NO/c1-10-3-4-11(14(18)7-10)8-15(19)13-6-5-12(17)9-16(13)20-2/h3-7,9,15H,8,19H2,1-2H3. The summed E-state index contributed by atoms with van der Waals surface area (Å²) in [6, 6.07) is 11.3. The van der Waals surface area contributed by atoms with E-state index in [2.05, 4.69) is 0 Å². The van der Waals surface area contributed by atoms with E-state index in [-0.39, 0.29) is 6.04 Å². The van der Waals surface area contributed by atoms with Crippen molar-refractivity contribution in [1.29, 1.82) is 0 Å². The number of ether oxygens (including phenoxy) is 1. The molecule has 1 unspecified atom stereocenters. The van der Waals surface area contributed by atoms with E-state index >= 15 is 0 Å². The van der Waals surface area contributed by atoms with Gasteiger partial charge < -0.3 is 10.5 Å². The van der Waals surface area contributed by atoms with Crippen LogP contribution in [0.3, 0.4) is 0 Å². The molecule has 0 aliphatic heterocycles. The number of rotatable bonds is 4. The Hall–Kier alpha value is -1.22. The van der Waals surface area contributed by atoms with E-state index in [1.165, 1.54) is 0 Å². The van der Waals surface area contributed by atoms with Crippen LogP contribution in [0, 0.1) is 6.92 Å². The first-order valence-electron chi connectivity index (χ1n) is 6.35. The molecule has 4 heteroatoms. The topological polar surface area (TPSA) is 35.2 Å². The zero-order valence-electron chi connectivity index (χ0n) is 11.5. The number of nitrogens with two attached hydrogens (primary N) is 1. The average molecular weight is 310 g/mol. The molecule has 2 aromatic carbocycles. The fourth-order valence-corrected chi connectivity index (χ4v) is 2.63. The molecule has 2 nitrogen and oxygen atoms in total. The second-order valence-corrected chi connectivity index (χ2v) is 5.64. The monoisotopic (exact) mass is 309 g/mol. The molecule has 0 aliphatic rings. The van der Waals surface area contributed by atoms with Crippen LogP contribution in [0.15, 0.2) is 36.4 Å². The van der Waals surface area contributed by atoms with Crippen LogP contribution in [0.25, 0.3) is 0 Å². The van der Waals surface area contributed by atoms with Gasteiger partial charge in [-0.15, -0.1) is 0 Å². The summed E-state index contributed by atoms with van der Waals surface area (Å²) in [7, 11) is 1.61. The molecule has 1 atom stereocenters. The largest absolute Gasteiger partial charge is 0.496 e. The Kier molecular flexibility index (Phi) is 4.92. The Morgan fingerprint density at radius 1 is 1.15 bits per heavy atom. The van der Waals surface area contributed by atoms with Gasteiger partial charge in [-0.25, -0.2) is 0 Å². The number of halogens is 2. The summed E-state index contributed by atoms with van der Waals surface area (Å²) >= 11 is 12.2. The van der Waals surface area contributed by atoms with E-state index in [9.17, 15) is 0 Å². The Labute approximate surface area is 129 Å². The first-order chi connectivity index (χ1) is 9.51. The third-order valence-corrected chi connectivity index (χ3v) is 3.83. The molecule has 2 aromatic rings. The molecule has 0 saturated heterocycles. The van der Waals surface area contributed by atoms with E-state index in [1.807, 2.05) is 37.3 Å². The molecule has 0 spiro atoms. The zero-order valence-corrected chi connectivity index (χ0v) is 13.0. The van der Waals surface area contributed by atoms with Crippen LogP contribution in [0.1, 0.15) is 22.7 Å².